The molecule has 2 atom stereocenters. The summed E-state index contributed by atoms with van der Waals surface area (Å²) in [6.45, 7) is 2.86. The maximum absolute atomic E-state index is 13.4. The summed E-state index contributed by atoms with van der Waals surface area (Å²) in [6.07, 6.45) is 3.12. The van der Waals surface area contributed by atoms with Crippen LogP contribution in [0.25, 0.3) is 0 Å². The van der Waals surface area contributed by atoms with E-state index in [1.165, 1.54) is 11.1 Å². The van der Waals surface area contributed by atoms with E-state index in [1.54, 1.807) is 14.2 Å². The molecule has 1 amide bonds. The van der Waals surface area contributed by atoms with Gasteiger partial charge in [0.1, 0.15) is 5.75 Å². The van der Waals surface area contributed by atoms with Crippen LogP contribution >= 0.6 is 0 Å². The van der Waals surface area contributed by atoms with Crippen LogP contribution in [0.15, 0.2) is 48.5 Å². The average Bonchev–Trinajstić information content (AvgIpc) is 2.72. The van der Waals surface area contributed by atoms with Gasteiger partial charge in [0, 0.05) is 19.7 Å². The zero-order chi connectivity index (χ0) is 19.2. The van der Waals surface area contributed by atoms with Crippen molar-refractivity contribution < 1.29 is 14.3 Å². The van der Waals surface area contributed by atoms with Gasteiger partial charge in [0.2, 0.25) is 0 Å². The van der Waals surface area contributed by atoms with Crippen LogP contribution < -0.4 is 4.74 Å². The van der Waals surface area contributed by atoms with Crippen molar-refractivity contribution >= 4 is 5.91 Å². The van der Waals surface area contributed by atoms with E-state index in [0.717, 1.165) is 43.5 Å². The van der Waals surface area contributed by atoms with E-state index in [0.29, 0.717) is 0 Å². The molecule has 144 valence electrons. The molecule has 0 aromatic heterocycles. The first kappa shape index (κ1) is 19.4. The number of benzene rings is 2. The third-order valence-electron chi connectivity index (χ3n) is 5.38. The van der Waals surface area contributed by atoms with Gasteiger partial charge >= 0.3 is 0 Å². The molecule has 0 aliphatic heterocycles. The topological polar surface area (TPSA) is 38.8 Å². The molecule has 0 heterocycles. The highest BCUT2D eigenvalue weighted by Gasteiger charge is 2.33. The minimum absolute atomic E-state index is 0.0573. The fourth-order valence-electron chi connectivity index (χ4n) is 4.08. The summed E-state index contributed by atoms with van der Waals surface area (Å²) in [5.74, 6) is 1.01. The molecular weight excluding hydrogens is 338 g/mol. The number of hydrogen-bond donors (Lipinski definition) is 0. The van der Waals surface area contributed by atoms with Gasteiger partial charge in [0.15, 0.2) is 6.10 Å². The Kier molecular flexibility index (Phi) is 6.51. The van der Waals surface area contributed by atoms with Crippen LogP contribution in [0.5, 0.6) is 5.75 Å². The summed E-state index contributed by atoms with van der Waals surface area (Å²) in [5, 5.41) is 0. The van der Waals surface area contributed by atoms with Crippen molar-refractivity contribution in [3.05, 3.63) is 65.2 Å². The fourth-order valence-corrected chi connectivity index (χ4v) is 4.08. The van der Waals surface area contributed by atoms with Crippen molar-refractivity contribution in [2.45, 2.75) is 44.8 Å². The molecule has 0 bridgehead atoms. The van der Waals surface area contributed by atoms with Gasteiger partial charge in [-0.2, -0.15) is 0 Å². The lowest BCUT2D eigenvalue weighted by Gasteiger charge is -2.37. The Bertz CT molecular complexity index is 759. The predicted molar refractivity (Wildman–Crippen MR) is 107 cm³/mol. The third kappa shape index (κ3) is 4.16. The smallest absolute Gasteiger partial charge is 0.256 e. The van der Waals surface area contributed by atoms with E-state index < -0.39 is 6.10 Å². The van der Waals surface area contributed by atoms with Crippen molar-refractivity contribution in [2.24, 2.45) is 0 Å². The number of nitrogens with zero attached hydrogens (tertiary/aromatic N) is 1. The minimum Gasteiger partial charge on any atom is -0.496 e. The molecular formula is C23H29NO3. The first-order valence-electron chi connectivity index (χ1n) is 9.72. The van der Waals surface area contributed by atoms with E-state index in [4.69, 9.17) is 9.47 Å². The number of fused-ring (bicyclic) bond motifs is 1. The highest BCUT2D eigenvalue weighted by Crippen LogP contribution is 2.32. The molecule has 0 spiro atoms. The first-order valence-corrected chi connectivity index (χ1v) is 9.72. The number of hydrogen-bond acceptors (Lipinski definition) is 3. The van der Waals surface area contributed by atoms with Gasteiger partial charge in [-0.3, -0.25) is 4.79 Å². The van der Waals surface area contributed by atoms with E-state index in [9.17, 15) is 4.79 Å². The van der Waals surface area contributed by atoms with Crippen LogP contribution in [0.1, 0.15) is 42.6 Å². The first-order chi connectivity index (χ1) is 13.2. The van der Waals surface area contributed by atoms with Crippen LogP contribution in [0.2, 0.25) is 0 Å². The molecule has 4 nitrogen and oxygen atoms in total. The summed E-state index contributed by atoms with van der Waals surface area (Å²) in [4.78, 5) is 15.4. The molecule has 1 aliphatic carbocycles. The Hall–Kier alpha value is -2.33. The molecule has 0 N–H and O–H groups in total. The number of amides is 1. The molecule has 27 heavy (non-hydrogen) atoms. The van der Waals surface area contributed by atoms with Crippen LogP contribution in [0.3, 0.4) is 0 Å². The molecule has 4 heteroatoms. The molecule has 0 radical (unpaired) electrons. The van der Waals surface area contributed by atoms with E-state index >= 15 is 0 Å². The summed E-state index contributed by atoms with van der Waals surface area (Å²) >= 11 is 0. The van der Waals surface area contributed by atoms with Gasteiger partial charge in [-0.05, 0) is 48.4 Å². The van der Waals surface area contributed by atoms with E-state index in [-0.39, 0.29) is 11.9 Å². The predicted octanol–water partition coefficient (Wildman–Crippen LogP) is 4.18. The maximum Gasteiger partial charge on any atom is 0.256 e. The van der Waals surface area contributed by atoms with E-state index in [2.05, 4.69) is 13.0 Å². The Morgan fingerprint density at radius 3 is 2.59 bits per heavy atom. The van der Waals surface area contributed by atoms with Crippen LogP contribution in [-0.2, 0) is 22.4 Å². The monoisotopic (exact) mass is 367 g/mol. The van der Waals surface area contributed by atoms with Crippen molar-refractivity contribution in [1.29, 1.82) is 0 Å². The normalized spacial score (nSPS) is 17.1. The van der Waals surface area contributed by atoms with E-state index in [1.807, 2.05) is 47.4 Å². The summed E-state index contributed by atoms with van der Waals surface area (Å²) in [7, 11) is 3.33. The molecule has 2 aromatic carbocycles. The SMILES string of the molecule is CCCN(C(=O)[C@H](OC)c1ccccc1)[C@@H]1CCc2c(cccc2OC)C1. The Balaban J connectivity index is 1.84. The van der Waals surface area contributed by atoms with Crippen molar-refractivity contribution in [2.75, 3.05) is 20.8 Å². The summed E-state index contributed by atoms with van der Waals surface area (Å²) < 4.78 is 11.1. The number of ether oxygens (including phenoxy) is 2. The number of carbonyl (C=O) groups excluding carboxylic acids is 1. The molecule has 1 aliphatic rings. The lowest BCUT2D eigenvalue weighted by atomic mass is 9.86. The Morgan fingerprint density at radius 1 is 1.15 bits per heavy atom. The third-order valence-corrected chi connectivity index (χ3v) is 5.38. The van der Waals surface area contributed by atoms with Crippen LogP contribution in [0, 0.1) is 0 Å². The number of rotatable bonds is 7. The second-order valence-corrected chi connectivity index (χ2v) is 7.05. The lowest BCUT2D eigenvalue weighted by molar-refractivity contribution is -0.145. The molecule has 0 fully saturated rings. The fraction of sp³-hybridized carbons (Fsp3) is 0.435. The van der Waals surface area contributed by atoms with Crippen molar-refractivity contribution in [3.63, 3.8) is 0 Å². The number of methoxy groups -OCH3 is 2. The summed E-state index contributed by atoms with van der Waals surface area (Å²) in [5.41, 5.74) is 3.48. The minimum atomic E-state index is -0.551. The Morgan fingerprint density at radius 2 is 1.93 bits per heavy atom. The van der Waals surface area contributed by atoms with Crippen LogP contribution in [-0.4, -0.2) is 37.6 Å². The van der Waals surface area contributed by atoms with Crippen LogP contribution in [0.4, 0.5) is 0 Å². The zero-order valence-electron chi connectivity index (χ0n) is 16.5. The highest BCUT2D eigenvalue weighted by atomic mass is 16.5. The molecule has 0 saturated heterocycles. The molecule has 2 aromatic rings. The second-order valence-electron chi connectivity index (χ2n) is 7.05. The second kappa shape index (κ2) is 9.05. The van der Waals surface area contributed by atoms with Crippen molar-refractivity contribution in [3.8, 4) is 5.75 Å². The van der Waals surface area contributed by atoms with Gasteiger partial charge in [0.25, 0.3) is 5.91 Å². The summed E-state index contributed by atoms with van der Waals surface area (Å²) in [6, 6.07) is 16.2. The maximum atomic E-state index is 13.4. The Labute approximate surface area is 162 Å². The molecule has 3 rings (SSSR count). The van der Waals surface area contributed by atoms with Gasteiger partial charge in [-0.1, -0.05) is 49.4 Å². The molecule has 0 saturated carbocycles. The largest absolute Gasteiger partial charge is 0.496 e. The molecule has 0 unspecified atom stereocenters. The van der Waals surface area contributed by atoms with Gasteiger partial charge in [-0.25, -0.2) is 0 Å². The van der Waals surface area contributed by atoms with Crippen molar-refractivity contribution in [1.82, 2.24) is 4.90 Å². The average molecular weight is 367 g/mol. The standard InChI is InChI=1S/C23H29NO3/c1-4-15-24(23(25)22(27-3)17-9-6-5-7-10-17)19-13-14-20-18(16-19)11-8-12-21(20)26-2/h5-12,19,22H,4,13-16H2,1-3H3/t19-,22-/m1/s1. The lowest BCUT2D eigenvalue weighted by Crippen LogP contribution is -2.46. The van der Waals surface area contributed by atoms with Gasteiger partial charge in [-0.15, -0.1) is 0 Å². The highest BCUT2D eigenvalue weighted by molar-refractivity contribution is 5.82. The quantitative estimate of drug-likeness (QED) is 0.737. The van der Waals surface area contributed by atoms with Gasteiger partial charge < -0.3 is 14.4 Å². The number of carbonyl (C=O) groups is 1. The van der Waals surface area contributed by atoms with Gasteiger partial charge in [0.05, 0.1) is 7.11 Å². The zero-order valence-corrected chi connectivity index (χ0v) is 16.5.